The van der Waals surface area contributed by atoms with Gasteiger partial charge in [-0.25, -0.2) is 0 Å². The van der Waals surface area contributed by atoms with Crippen LogP contribution in [0.25, 0.3) is 0 Å². The molecule has 0 heterocycles. The highest BCUT2D eigenvalue weighted by Gasteiger charge is 2.41. The molecule has 2 rings (SSSR count). The lowest BCUT2D eigenvalue weighted by Gasteiger charge is -2.34. The summed E-state index contributed by atoms with van der Waals surface area (Å²) in [5.74, 6) is 1.63. The summed E-state index contributed by atoms with van der Waals surface area (Å²) in [6.45, 7) is 9.16. The molecule has 118 valence electrons. The Kier molecular flexibility index (Phi) is 5.15. The monoisotopic (exact) mass is 290 g/mol. The molecule has 0 aromatic heterocycles. The van der Waals surface area contributed by atoms with Crippen molar-refractivity contribution in [3.8, 4) is 5.75 Å². The fraction of sp³-hybridized carbons (Fsp3) is 0.667. The molecule has 0 spiro atoms. The molecule has 1 fully saturated rings. The van der Waals surface area contributed by atoms with Crippen molar-refractivity contribution in [2.75, 3.05) is 32.1 Å². The van der Waals surface area contributed by atoms with Crippen molar-refractivity contribution in [1.29, 1.82) is 0 Å². The van der Waals surface area contributed by atoms with Crippen molar-refractivity contribution in [3.63, 3.8) is 0 Å². The molecule has 1 aliphatic carbocycles. The van der Waals surface area contributed by atoms with Crippen molar-refractivity contribution in [2.45, 2.75) is 39.7 Å². The Balaban J connectivity index is 2.02. The fourth-order valence-electron chi connectivity index (χ4n) is 3.67. The van der Waals surface area contributed by atoms with Crippen molar-refractivity contribution < 1.29 is 4.74 Å². The normalized spacial score (nSPS) is 24.0. The van der Waals surface area contributed by atoms with Crippen LogP contribution in [0.15, 0.2) is 24.3 Å². The van der Waals surface area contributed by atoms with Crippen LogP contribution >= 0.6 is 0 Å². The molecule has 0 amide bonds. The molecule has 0 bridgehead atoms. The van der Waals surface area contributed by atoms with Crippen molar-refractivity contribution >= 4 is 5.69 Å². The molecule has 1 aliphatic rings. The quantitative estimate of drug-likeness (QED) is 0.867. The Morgan fingerprint density at radius 3 is 2.52 bits per heavy atom. The molecule has 1 N–H and O–H groups in total. The number of ether oxygens (including phenoxy) is 1. The van der Waals surface area contributed by atoms with Crippen LogP contribution in [0.5, 0.6) is 5.75 Å². The standard InChI is InChI=1S/C18H30N2O/c1-6-19-17-14(11-12-18(17,2)3)13-20(4)15-7-9-16(21-5)10-8-15/h7-10,14,17,19H,6,11-13H2,1-5H3. The third-order valence-electron chi connectivity index (χ3n) is 4.92. The van der Waals surface area contributed by atoms with Gasteiger partial charge < -0.3 is 15.0 Å². The van der Waals surface area contributed by atoms with Gasteiger partial charge in [-0.1, -0.05) is 20.8 Å². The van der Waals surface area contributed by atoms with E-state index in [1.165, 1.54) is 18.5 Å². The zero-order valence-electron chi connectivity index (χ0n) is 14.1. The molecule has 1 aromatic carbocycles. The zero-order valence-corrected chi connectivity index (χ0v) is 14.1. The van der Waals surface area contributed by atoms with Gasteiger partial charge in [0.25, 0.3) is 0 Å². The van der Waals surface area contributed by atoms with Crippen LogP contribution < -0.4 is 15.0 Å². The Hall–Kier alpha value is -1.22. The number of benzene rings is 1. The second-order valence-corrected chi connectivity index (χ2v) is 6.90. The molecule has 21 heavy (non-hydrogen) atoms. The highest BCUT2D eigenvalue weighted by Crippen LogP contribution is 2.41. The van der Waals surface area contributed by atoms with Crippen LogP contribution in [0.4, 0.5) is 5.69 Å². The highest BCUT2D eigenvalue weighted by atomic mass is 16.5. The van der Waals surface area contributed by atoms with Crippen LogP contribution in [0.3, 0.4) is 0 Å². The fourth-order valence-corrected chi connectivity index (χ4v) is 3.67. The number of hydrogen-bond acceptors (Lipinski definition) is 3. The van der Waals surface area contributed by atoms with E-state index >= 15 is 0 Å². The molecule has 0 aliphatic heterocycles. The lowest BCUT2D eigenvalue weighted by Crippen LogP contribution is -2.45. The SMILES string of the molecule is CCNC1C(CN(C)c2ccc(OC)cc2)CCC1(C)C. The number of methoxy groups -OCH3 is 1. The summed E-state index contributed by atoms with van der Waals surface area (Å²) in [5.41, 5.74) is 1.66. The van der Waals surface area contributed by atoms with E-state index in [1.54, 1.807) is 7.11 Å². The Bertz CT molecular complexity index is 441. The van der Waals surface area contributed by atoms with E-state index in [2.05, 4.69) is 50.2 Å². The summed E-state index contributed by atoms with van der Waals surface area (Å²) in [7, 11) is 3.90. The smallest absolute Gasteiger partial charge is 0.119 e. The predicted molar refractivity (Wildman–Crippen MR) is 90.2 cm³/mol. The molecular weight excluding hydrogens is 260 g/mol. The highest BCUT2D eigenvalue weighted by molar-refractivity contribution is 5.48. The maximum Gasteiger partial charge on any atom is 0.119 e. The molecule has 2 atom stereocenters. The molecule has 3 heteroatoms. The summed E-state index contributed by atoms with van der Waals surface area (Å²) >= 11 is 0. The second-order valence-electron chi connectivity index (χ2n) is 6.90. The minimum absolute atomic E-state index is 0.404. The van der Waals surface area contributed by atoms with Crippen molar-refractivity contribution in [3.05, 3.63) is 24.3 Å². The summed E-state index contributed by atoms with van der Waals surface area (Å²) in [4.78, 5) is 2.37. The van der Waals surface area contributed by atoms with Crippen molar-refractivity contribution in [1.82, 2.24) is 5.32 Å². The molecule has 1 saturated carbocycles. The molecule has 2 unspecified atom stereocenters. The van der Waals surface area contributed by atoms with Gasteiger partial charge in [-0.2, -0.15) is 0 Å². The van der Waals surface area contributed by atoms with Crippen LogP contribution in [0.2, 0.25) is 0 Å². The maximum atomic E-state index is 5.23. The van der Waals surface area contributed by atoms with E-state index in [9.17, 15) is 0 Å². The van der Waals surface area contributed by atoms with Crippen LogP contribution in [0.1, 0.15) is 33.6 Å². The minimum Gasteiger partial charge on any atom is -0.497 e. The van der Waals surface area contributed by atoms with E-state index in [-0.39, 0.29) is 0 Å². The first-order chi connectivity index (χ1) is 9.97. The average molecular weight is 290 g/mol. The van der Waals surface area contributed by atoms with Gasteiger partial charge in [-0.15, -0.1) is 0 Å². The van der Waals surface area contributed by atoms with Gasteiger partial charge in [0.15, 0.2) is 0 Å². The maximum absolute atomic E-state index is 5.23. The first kappa shape index (κ1) is 16.2. The summed E-state index contributed by atoms with van der Waals surface area (Å²) in [6.07, 6.45) is 2.62. The van der Waals surface area contributed by atoms with Crippen molar-refractivity contribution in [2.24, 2.45) is 11.3 Å². The topological polar surface area (TPSA) is 24.5 Å². The van der Waals surface area contributed by atoms with Crippen LogP contribution in [-0.4, -0.2) is 33.3 Å². The first-order valence-electron chi connectivity index (χ1n) is 8.06. The summed E-state index contributed by atoms with van der Waals surface area (Å²) in [5, 5.41) is 3.71. The lowest BCUT2D eigenvalue weighted by atomic mass is 9.84. The van der Waals surface area contributed by atoms with Crippen LogP contribution in [0, 0.1) is 11.3 Å². The van der Waals surface area contributed by atoms with E-state index in [0.717, 1.165) is 18.8 Å². The third-order valence-corrected chi connectivity index (χ3v) is 4.92. The van der Waals surface area contributed by atoms with Gasteiger partial charge >= 0.3 is 0 Å². The Morgan fingerprint density at radius 1 is 1.29 bits per heavy atom. The zero-order chi connectivity index (χ0) is 15.5. The predicted octanol–water partition coefficient (Wildman–Crippen LogP) is 3.55. The lowest BCUT2D eigenvalue weighted by molar-refractivity contribution is 0.253. The Morgan fingerprint density at radius 2 is 1.95 bits per heavy atom. The number of anilines is 1. The summed E-state index contributed by atoms with van der Waals surface area (Å²) < 4.78 is 5.23. The first-order valence-corrected chi connectivity index (χ1v) is 8.06. The van der Waals surface area contributed by atoms with Gasteiger partial charge in [0.2, 0.25) is 0 Å². The van der Waals surface area contributed by atoms with Crippen LogP contribution in [-0.2, 0) is 0 Å². The third kappa shape index (κ3) is 3.70. The minimum atomic E-state index is 0.404. The number of nitrogens with zero attached hydrogens (tertiary/aromatic N) is 1. The molecule has 3 nitrogen and oxygen atoms in total. The number of hydrogen-bond donors (Lipinski definition) is 1. The molecule has 0 saturated heterocycles. The van der Waals surface area contributed by atoms with E-state index < -0.39 is 0 Å². The molecule has 1 aromatic rings. The summed E-state index contributed by atoms with van der Waals surface area (Å²) in [6, 6.07) is 8.96. The van der Waals surface area contributed by atoms with E-state index in [0.29, 0.717) is 17.4 Å². The molecule has 0 radical (unpaired) electrons. The van der Waals surface area contributed by atoms with Gasteiger partial charge in [0.05, 0.1) is 7.11 Å². The number of nitrogens with one attached hydrogen (secondary N) is 1. The van der Waals surface area contributed by atoms with E-state index in [1.807, 2.05) is 12.1 Å². The number of rotatable bonds is 6. The molecular formula is C18H30N2O. The average Bonchev–Trinajstić information content (AvgIpc) is 2.75. The van der Waals surface area contributed by atoms with Gasteiger partial charge in [0, 0.05) is 25.3 Å². The second kappa shape index (κ2) is 6.69. The largest absolute Gasteiger partial charge is 0.497 e. The van der Waals surface area contributed by atoms with Gasteiger partial charge in [-0.05, 0) is 55.0 Å². The van der Waals surface area contributed by atoms with Gasteiger partial charge in [0.1, 0.15) is 5.75 Å². The van der Waals surface area contributed by atoms with E-state index in [4.69, 9.17) is 4.74 Å². The van der Waals surface area contributed by atoms with Gasteiger partial charge in [-0.3, -0.25) is 0 Å². The Labute approximate surface area is 129 Å².